The first-order chi connectivity index (χ1) is 16.2. The average Bonchev–Trinajstić information content (AvgIpc) is 2.77. The summed E-state index contributed by atoms with van der Waals surface area (Å²) < 4.78 is 16.1. The summed E-state index contributed by atoms with van der Waals surface area (Å²) in [7, 11) is -0.252. The van der Waals surface area contributed by atoms with Crippen LogP contribution >= 0.6 is 0 Å². The van der Waals surface area contributed by atoms with Crippen molar-refractivity contribution in [1.82, 2.24) is 19.9 Å². The van der Waals surface area contributed by atoms with Gasteiger partial charge in [0, 0.05) is 47.6 Å². The largest absolute Gasteiger partial charge is 0.326 e. The number of hydrogen-bond donors (Lipinski definition) is 3. The van der Waals surface area contributed by atoms with Crippen LogP contribution in [0.25, 0.3) is 0 Å². The number of nitrogens with one attached hydrogen (secondary N) is 2. The molecule has 0 aliphatic carbocycles. The van der Waals surface area contributed by atoms with Crippen molar-refractivity contribution in [3.05, 3.63) is 58.8 Å². The van der Waals surface area contributed by atoms with Crippen LogP contribution in [0.2, 0.25) is 0 Å². The van der Waals surface area contributed by atoms with Crippen LogP contribution < -0.4 is 16.4 Å². The van der Waals surface area contributed by atoms with Gasteiger partial charge in [-0.2, -0.15) is 14.6 Å². The van der Waals surface area contributed by atoms with Gasteiger partial charge in [-0.15, -0.1) is 0 Å². The van der Waals surface area contributed by atoms with E-state index in [1.54, 1.807) is 30.7 Å². The van der Waals surface area contributed by atoms with Gasteiger partial charge >= 0.3 is 0 Å². The quantitative estimate of drug-likeness (QED) is 0.487. The highest BCUT2D eigenvalue weighted by Gasteiger charge is 2.18. The van der Waals surface area contributed by atoms with Crippen LogP contribution in [-0.2, 0) is 29.2 Å². The van der Waals surface area contributed by atoms with Crippen LogP contribution in [-0.4, -0.2) is 50.2 Å². The third kappa shape index (κ3) is 5.66. The van der Waals surface area contributed by atoms with E-state index in [0.717, 1.165) is 30.8 Å². The van der Waals surface area contributed by atoms with Gasteiger partial charge in [0.2, 0.25) is 5.95 Å². The van der Waals surface area contributed by atoms with Crippen LogP contribution in [0.1, 0.15) is 22.3 Å². The normalized spacial score (nSPS) is 13.6. The van der Waals surface area contributed by atoms with E-state index in [2.05, 4.69) is 54.0 Å². The van der Waals surface area contributed by atoms with Gasteiger partial charge < -0.3 is 21.3 Å². The molecule has 1 aromatic carbocycles. The van der Waals surface area contributed by atoms with E-state index >= 15 is 0 Å². The molecule has 176 valence electrons. The van der Waals surface area contributed by atoms with E-state index < -0.39 is 9.73 Å². The first-order valence-corrected chi connectivity index (χ1v) is 13.1. The summed E-state index contributed by atoms with van der Waals surface area (Å²) in [6, 6.07) is 11.3. The molecular weight excluding hydrogens is 450 g/mol. The Morgan fingerprint density at radius 1 is 1.26 bits per heavy atom. The molecule has 0 bridgehead atoms. The second kappa shape index (κ2) is 9.72. The zero-order chi connectivity index (χ0) is 24.3. The van der Waals surface area contributed by atoms with Crippen LogP contribution in [0.3, 0.4) is 0 Å². The number of likely N-dealkylation sites (N-methyl/N-ethyl adjacent to an activating group) is 1. The third-order valence-electron chi connectivity index (χ3n) is 5.30. The third-order valence-corrected chi connectivity index (χ3v) is 5.92. The molecule has 0 atom stereocenters. The smallest absolute Gasteiger partial charge is 0.229 e. The van der Waals surface area contributed by atoms with Crippen LogP contribution in [0.4, 0.5) is 29.1 Å². The molecule has 34 heavy (non-hydrogen) atoms. The molecule has 11 heteroatoms. The lowest BCUT2D eigenvalue weighted by Crippen LogP contribution is -2.27. The zero-order valence-electron chi connectivity index (χ0n) is 19.4. The highest BCUT2D eigenvalue weighted by atomic mass is 32.2. The van der Waals surface area contributed by atoms with E-state index in [9.17, 15) is 9.47 Å². The molecule has 0 spiro atoms. The predicted molar refractivity (Wildman–Crippen MR) is 134 cm³/mol. The fourth-order valence-corrected chi connectivity index (χ4v) is 4.38. The van der Waals surface area contributed by atoms with E-state index in [4.69, 9.17) is 5.73 Å². The zero-order valence-corrected chi connectivity index (χ0v) is 20.2. The van der Waals surface area contributed by atoms with Gasteiger partial charge in [-0.1, -0.05) is 6.07 Å². The van der Waals surface area contributed by atoms with Crippen molar-refractivity contribution in [3.8, 4) is 6.07 Å². The van der Waals surface area contributed by atoms with Crippen molar-refractivity contribution in [3.63, 3.8) is 0 Å². The Morgan fingerprint density at radius 2 is 2.09 bits per heavy atom. The summed E-state index contributed by atoms with van der Waals surface area (Å²) in [5, 5.41) is 15.8. The molecule has 4 rings (SSSR count). The molecule has 2 aromatic heterocycles. The summed E-state index contributed by atoms with van der Waals surface area (Å²) in [5.41, 5.74) is 10.8. The van der Waals surface area contributed by atoms with Gasteiger partial charge in [0.15, 0.2) is 11.6 Å². The summed E-state index contributed by atoms with van der Waals surface area (Å²) in [6.45, 7) is 2.32. The van der Waals surface area contributed by atoms with Crippen molar-refractivity contribution in [1.29, 1.82) is 5.26 Å². The minimum atomic E-state index is -2.35. The molecule has 0 unspecified atom stereocenters. The second-order valence-electron chi connectivity index (χ2n) is 8.44. The Labute approximate surface area is 199 Å². The minimum Gasteiger partial charge on any atom is -0.326 e. The first kappa shape index (κ1) is 23.6. The number of benzene rings is 1. The highest BCUT2D eigenvalue weighted by molar-refractivity contribution is 7.92. The standard InChI is InChI=1S/C23H27N9OS/c1-32-8-7-19-15(11-24)9-18(10-16(19)14-32)27-23-26-13-17(12-25)22(30-23)29-20-5-4-6-21(28-20)31-34(2,3)33/h4-6,9-10,13H,7-8,11,14,24H2,1-3H3,(H2,26,27,28,29,30). The van der Waals surface area contributed by atoms with Gasteiger partial charge in [-0.05, 0) is 54.4 Å². The number of hydrogen-bond acceptors (Lipinski definition) is 10. The van der Waals surface area contributed by atoms with Gasteiger partial charge in [0.1, 0.15) is 17.5 Å². The number of aromatic nitrogens is 3. The number of nitriles is 1. The first-order valence-electron chi connectivity index (χ1n) is 10.7. The minimum absolute atomic E-state index is 0.263. The number of anilines is 4. The molecule has 0 saturated heterocycles. The molecular formula is C23H27N9OS. The molecule has 10 nitrogen and oxygen atoms in total. The SMILES string of the molecule is CN1CCc2c(CN)cc(Nc3ncc(C#N)c(Nc4cccc(N=S(C)(C)=O)n4)n3)cc2C1. The van der Waals surface area contributed by atoms with E-state index in [0.29, 0.717) is 29.9 Å². The maximum Gasteiger partial charge on any atom is 0.229 e. The molecule has 0 saturated carbocycles. The number of pyridine rings is 1. The van der Waals surface area contributed by atoms with Gasteiger partial charge in [-0.25, -0.2) is 14.2 Å². The predicted octanol–water partition coefficient (Wildman–Crippen LogP) is 3.04. The van der Waals surface area contributed by atoms with Crippen molar-refractivity contribution in [2.45, 2.75) is 19.5 Å². The summed E-state index contributed by atoms with van der Waals surface area (Å²) in [6.07, 6.45) is 5.51. The molecule has 1 aliphatic heterocycles. The summed E-state index contributed by atoms with van der Waals surface area (Å²) >= 11 is 0. The van der Waals surface area contributed by atoms with Crippen LogP contribution in [0, 0.1) is 11.3 Å². The summed E-state index contributed by atoms with van der Waals surface area (Å²) in [5.74, 6) is 1.39. The Morgan fingerprint density at radius 3 is 2.82 bits per heavy atom. The fraction of sp³-hybridized carbons (Fsp3) is 0.304. The number of nitrogens with zero attached hydrogens (tertiary/aromatic N) is 6. The maximum absolute atomic E-state index is 12.0. The number of fused-ring (bicyclic) bond motifs is 1. The number of nitrogens with two attached hydrogens (primary N) is 1. The van der Waals surface area contributed by atoms with Crippen molar-refractivity contribution >= 4 is 38.8 Å². The van der Waals surface area contributed by atoms with E-state index in [-0.39, 0.29) is 5.56 Å². The maximum atomic E-state index is 12.0. The van der Waals surface area contributed by atoms with Crippen molar-refractivity contribution in [2.75, 3.05) is 36.7 Å². The lowest BCUT2D eigenvalue weighted by Gasteiger charge is -2.27. The Bertz CT molecular complexity index is 1380. The monoisotopic (exact) mass is 477 g/mol. The topological polar surface area (TPSA) is 145 Å². The van der Waals surface area contributed by atoms with Gasteiger partial charge in [0.25, 0.3) is 0 Å². The van der Waals surface area contributed by atoms with Gasteiger partial charge in [0.05, 0.1) is 6.20 Å². The average molecular weight is 478 g/mol. The van der Waals surface area contributed by atoms with E-state index in [1.165, 1.54) is 17.3 Å². The molecule has 3 aromatic rings. The van der Waals surface area contributed by atoms with Crippen LogP contribution in [0.15, 0.2) is 40.9 Å². The Balaban J connectivity index is 1.63. The lowest BCUT2D eigenvalue weighted by molar-refractivity contribution is 0.312. The summed E-state index contributed by atoms with van der Waals surface area (Å²) in [4.78, 5) is 15.4. The van der Waals surface area contributed by atoms with Crippen LogP contribution in [0.5, 0.6) is 0 Å². The fourth-order valence-electron chi connectivity index (χ4n) is 3.83. The Kier molecular flexibility index (Phi) is 6.74. The molecule has 3 heterocycles. The molecule has 0 fully saturated rings. The Hall–Kier alpha value is -3.59. The van der Waals surface area contributed by atoms with Gasteiger partial charge in [-0.3, -0.25) is 0 Å². The molecule has 0 radical (unpaired) electrons. The lowest BCUT2D eigenvalue weighted by atomic mass is 9.94. The molecule has 1 aliphatic rings. The van der Waals surface area contributed by atoms with E-state index in [1.807, 2.05) is 6.07 Å². The molecule has 4 N–H and O–H groups in total. The second-order valence-corrected chi connectivity index (χ2v) is 11.0. The van der Waals surface area contributed by atoms with Crippen molar-refractivity contribution in [2.24, 2.45) is 10.1 Å². The van der Waals surface area contributed by atoms with Crippen molar-refractivity contribution < 1.29 is 4.21 Å². The number of rotatable bonds is 6. The highest BCUT2D eigenvalue weighted by Crippen LogP contribution is 2.28. The molecule has 0 amide bonds.